The Morgan fingerprint density at radius 2 is 2.14 bits per heavy atom. The van der Waals surface area contributed by atoms with Crippen molar-refractivity contribution in [1.82, 2.24) is 0 Å². The van der Waals surface area contributed by atoms with Gasteiger partial charge >= 0.3 is 0 Å². The predicted octanol–water partition coefficient (Wildman–Crippen LogP) is 4.50. The molecule has 4 heteroatoms. The standard InChI is InChI=1S/C17H24BrNO2/c1-20-12-14-15(18)5-4-6-16(14)19-11-13-7-10-17(21-13)8-2-3-9-17/h4-6,13,19H,2-3,7-12H2,1H3. The third kappa shape index (κ3) is 3.43. The first kappa shape index (κ1) is 15.3. The molecule has 116 valence electrons. The summed E-state index contributed by atoms with van der Waals surface area (Å²) in [5.74, 6) is 0. The summed E-state index contributed by atoms with van der Waals surface area (Å²) in [6.45, 7) is 1.49. The second-order valence-electron chi connectivity index (χ2n) is 6.25. The molecule has 1 heterocycles. The highest BCUT2D eigenvalue weighted by molar-refractivity contribution is 9.10. The van der Waals surface area contributed by atoms with Crippen molar-refractivity contribution >= 4 is 21.6 Å². The quantitative estimate of drug-likeness (QED) is 0.845. The number of ether oxygens (including phenoxy) is 2. The molecule has 1 aromatic carbocycles. The summed E-state index contributed by atoms with van der Waals surface area (Å²) in [6.07, 6.45) is 7.96. The summed E-state index contributed by atoms with van der Waals surface area (Å²) in [7, 11) is 1.73. The van der Waals surface area contributed by atoms with Crippen LogP contribution in [0, 0.1) is 0 Å². The molecule has 1 spiro atoms. The minimum atomic E-state index is 0.221. The van der Waals surface area contributed by atoms with Gasteiger partial charge in [0, 0.05) is 29.4 Å². The zero-order chi connectivity index (χ0) is 14.7. The number of methoxy groups -OCH3 is 1. The van der Waals surface area contributed by atoms with Crippen LogP contribution < -0.4 is 5.32 Å². The minimum Gasteiger partial charge on any atom is -0.382 e. The first-order valence-corrected chi connectivity index (χ1v) is 8.70. The van der Waals surface area contributed by atoms with Gasteiger partial charge < -0.3 is 14.8 Å². The molecule has 3 rings (SSSR count). The number of nitrogens with one attached hydrogen (secondary N) is 1. The monoisotopic (exact) mass is 353 g/mol. The molecule has 0 bridgehead atoms. The number of halogens is 1. The summed E-state index contributed by atoms with van der Waals surface area (Å²) in [6, 6.07) is 6.22. The van der Waals surface area contributed by atoms with Crippen LogP contribution in [0.25, 0.3) is 0 Å². The van der Waals surface area contributed by atoms with Crippen LogP contribution in [0.2, 0.25) is 0 Å². The molecular formula is C17H24BrNO2. The fraction of sp³-hybridized carbons (Fsp3) is 0.647. The fourth-order valence-corrected chi connectivity index (χ4v) is 4.15. The Bertz CT molecular complexity index is 486. The maximum Gasteiger partial charge on any atom is 0.0756 e. The molecule has 1 aromatic rings. The molecule has 1 atom stereocenters. The lowest BCUT2D eigenvalue weighted by molar-refractivity contribution is -0.0307. The van der Waals surface area contributed by atoms with Gasteiger partial charge in [0.25, 0.3) is 0 Å². The Balaban J connectivity index is 1.59. The molecule has 3 nitrogen and oxygen atoms in total. The van der Waals surface area contributed by atoms with Crippen molar-refractivity contribution in [3.63, 3.8) is 0 Å². The zero-order valence-electron chi connectivity index (χ0n) is 12.7. The van der Waals surface area contributed by atoms with Gasteiger partial charge in [0.1, 0.15) is 0 Å². The van der Waals surface area contributed by atoms with E-state index in [1.54, 1.807) is 7.11 Å². The van der Waals surface area contributed by atoms with Gasteiger partial charge in [-0.1, -0.05) is 34.8 Å². The van der Waals surface area contributed by atoms with Gasteiger partial charge in [-0.05, 0) is 37.8 Å². The van der Waals surface area contributed by atoms with Crippen LogP contribution in [0.15, 0.2) is 22.7 Å². The average Bonchev–Trinajstić information content (AvgIpc) is 3.10. The molecule has 1 unspecified atom stereocenters. The molecular weight excluding hydrogens is 330 g/mol. The Kier molecular flexibility index (Phi) is 4.87. The summed E-state index contributed by atoms with van der Waals surface area (Å²) >= 11 is 3.60. The smallest absolute Gasteiger partial charge is 0.0756 e. The molecule has 1 saturated carbocycles. The van der Waals surface area contributed by atoms with Gasteiger partial charge in [0.2, 0.25) is 0 Å². The Hall–Kier alpha value is -0.580. The van der Waals surface area contributed by atoms with Crippen molar-refractivity contribution in [3.8, 4) is 0 Å². The normalized spacial score (nSPS) is 23.8. The van der Waals surface area contributed by atoms with E-state index < -0.39 is 0 Å². The number of anilines is 1. The SMILES string of the molecule is COCc1c(Br)cccc1NCC1CCC2(CCCC2)O1. The highest BCUT2D eigenvalue weighted by atomic mass is 79.9. The van der Waals surface area contributed by atoms with E-state index in [2.05, 4.69) is 39.4 Å². The van der Waals surface area contributed by atoms with Crippen LogP contribution in [-0.4, -0.2) is 25.4 Å². The highest BCUT2D eigenvalue weighted by Gasteiger charge is 2.41. The second-order valence-corrected chi connectivity index (χ2v) is 7.10. The van der Waals surface area contributed by atoms with E-state index in [4.69, 9.17) is 9.47 Å². The van der Waals surface area contributed by atoms with Crippen molar-refractivity contribution in [2.24, 2.45) is 0 Å². The van der Waals surface area contributed by atoms with Crippen LogP contribution in [0.4, 0.5) is 5.69 Å². The molecule has 2 aliphatic rings. The predicted molar refractivity (Wildman–Crippen MR) is 88.7 cm³/mol. The van der Waals surface area contributed by atoms with E-state index in [0.29, 0.717) is 12.7 Å². The van der Waals surface area contributed by atoms with Crippen molar-refractivity contribution in [2.45, 2.75) is 56.8 Å². The molecule has 0 amide bonds. The number of rotatable bonds is 5. The van der Waals surface area contributed by atoms with E-state index in [9.17, 15) is 0 Å². The van der Waals surface area contributed by atoms with Crippen molar-refractivity contribution in [3.05, 3.63) is 28.2 Å². The minimum absolute atomic E-state index is 0.221. The Morgan fingerprint density at radius 1 is 1.33 bits per heavy atom. The van der Waals surface area contributed by atoms with Gasteiger partial charge in [0.15, 0.2) is 0 Å². The van der Waals surface area contributed by atoms with Gasteiger partial charge in [-0.3, -0.25) is 0 Å². The first-order chi connectivity index (χ1) is 10.2. The van der Waals surface area contributed by atoms with Gasteiger partial charge in [-0.25, -0.2) is 0 Å². The lowest BCUT2D eigenvalue weighted by Crippen LogP contribution is -2.28. The first-order valence-electron chi connectivity index (χ1n) is 7.90. The lowest BCUT2D eigenvalue weighted by Gasteiger charge is -2.24. The van der Waals surface area contributed by atoms with E-state index in [1.807, 2.05) is 0 Å². The van der Waals surface area contributed by atoms with Gasteiger partial charge in [0.05, 0.1) is 18.3 Å². The van der Waals surface area contributed by atoms with E-state index >= 15 is 0 Å². The maximum absolute atomic E-state index is 6.36. The molecule has 2 fully saturated rings. The molecule has 1 aliphatic carbocycles. The summed E-state index contributed by atoms with van der Waals surface area (Å²) in [5, 5.41) is 3.55. The number of hydrogen-bond donors (Lipinski definition) is 1. The molecule has 0 aromatic heterocycles. The van der Waals surface area contributed by atoms with Crippen LogP contribution in [0.1, 0.15) is 44.1 Å². The maximum atomic E-state index is 6.36. The molecule has 0 radical (unpaired) electrons. The average molecular weight is 354 g/mol. The van der Waals surface area contributed by atoms with Crippen LogP contribution in [-0.2, 0) is 16.1 Å². The fourth-order valence-electron chi connectivity index (χ4n) is 3.67. The largest absolute Gasteiger partial charge is 0.382 e. The van der Waals surface area contributed by atoms with E-state index in [0.717, 1.165) is 16.7 Å². The Morgan fingerprint density at radius 3 is 2.90 bits per heavy atom. The summed E-state index contributed by atoms with van der Waals surface area (Å²) < 4.78 is 12.7. The second kappa shape index (κ2) is 6.67. The van der Waals surface area contributed by atoms with Crippen molar-refractivity contribution < 1.29 is 9.47 Å². The van der Waals surface area contributed by atoms with E-state index in [1.165, 1.54) is 44.1 Å². The van der Waals surface area contributed by atoms with Gasteiger partial charge in [-0.2, -0.15) is 0 Å². The topological polar surface area (TPSA) is 30.5 Å². The highest BCUT2D eigenvalue weighted by Crippen LogP contribution is 2.43. The number of hydrogen-bond acceptors (Lipinski definition) is 3. The zero-order valence-corrected chi connectivity index (χ0v) is 14.2. The third-order valence-corrected chi connectivity index (χ3v) is 5.52. The summed E-state index contributed by atoms with van der Waals surface area (Å²) in [4.78, 5) is 0. The molecule has 21 heavy (non-hydrogen) atoms. The molecule has 1 saturated heterocycles. The molecule has 1 aliphatic heterocycles. The van der Waals surface area contributed by atoms with Crippen molar-refractivity contribution in [2.75, 3.05) is 19.0 Å². The van der Waals surface area contributed by atoms with Crippen LogP contribution in [0.5, 0.6) is 0 Å². The third-order valence-electron chi connectivity index (χ3n) is 4.78. The summed E-state index contributed by atoms with van der Waals surface area (Å²) in [5.41, 5.74) is 2.54. The lowest BCUT2D eigenvalue weighted by atomic mass is 9.98. The molecule has 1 N–H and O–H groups in total. The van der Waals surface area contributed by atoms with Gasteiger partial charge in [-0.15, -0.1) is 0 Å². The van der Waals surface area contributed by atoms with E-state index in [-0.39, 0.29) is 5.60 Å². The van der Waals surface area contributed by atoms with Crippen LogP contribution >= 0.6 is 15.9 Å². The number of benzene rings is 1. The Labute approximate surface area is 135 Å². The van der Waals surface area contributed by atoms with Crippen molar-refractivity contribution in [1.29, 1.82) is 0 Å². The van der Waals surface area contributed by atoms with Crippen LogP contribution in [0.3, 0.4) is 0 Å².